The lowest BCUT2D eigenvalue weighted by Gasteiger charge is -2.29. The second-order valence-electron chi connectivity index (χ2n) is 7.09. The molecule has 2 fully saturated rings. The fourth-order valence-electron chi connectivity index (χ4n) is 3.70. The van der Waals surface area contributed by atoms with Crippen molar-refractivity contribution in [2.24, 2.45) is 0 Å². The van der Waals surface area contributed by atoms with Gasteiger partial charge >= 0.3 is 0 Å². The van der Waals surface area contributed by atoms with Gasteiger partial charge in [0.05, 0.1) is 43.7 Å². The number of likely N-dealkylation sites (tertiary alicyclic amines) is 1. The van der Waals surface area contributed by atoms with Crippen LogP contribution in [0.15, 0.2) is 6.20 Å². The molecule has 0 aromatic carbocycles. The molecule has 0 bridgehead atoms. The Hall–Kier alpha value is -2.10. The van der Waals surface area contributed by atoms with Crippen molar-refractivity contribution in [1.82, 2.24) is 25.1 Å². The largest absolute Gasteiger partial charge is 0.383 e. The number of nitrogens with zero attached hydrogens (tertiary/aromatic N) is 4. The third-order valence-electron chi connectivity index (χ3n) is 5.12. The Kier molecular flexibility index (Phi) is 7.30. The standard InChI is InChI=1S/C19H29N5O4/c1-14-21-12-15(19(26)23-7-10-28-11-8-23)18(22-14)16-4-3-6-24(16)13-17(25)20-5-9-27-2/h12,16H,3-11,13H2,1-2H3,(H,20,25). The molecular weight excluding hydrogens is 362 g/mol. The number of hydrogen-bond acceptors (Lipinski definition) is 7. The van der Waals surface area contributed by atoms with Crippen LogP contribution < -0.4 is 5.32 Å². The zero-order valence-corrected chi connectivity index (χ0v) is 16.6. The van der Waals surface area contributed by atoms with Gasteiger partial charge in [-0.3, -0.25) is 14.5 Å². The molecule has 0 spiro atoms. The van der Waals surface area contributed by atoms with Crippen LogP contribution in [0.25, 0.3) is 0 Å². The van der Waals surface area contributed by atoms with Crippen molar-refractivity contribution >= 4 is 11.8 Å². The summed E-state index contributed by atoms with van der Waals surface area (Å²) in [5.41, 5.74) is 1.26. The Bertz CT molecular complexity index is 693. The van der Waals surface area contributed by atoms with Crippen molar-refractivity contribution in [1.29, 1.82) is 0 Å². The average molecular weight is 391 g/mol. The maximum Gasteiger partial charge on any atom is 0.257 e. The van der Waals surface area contributed by atoms with Crippen molar-refractivity contribution in [3.8, 4) is 0 Å². The van der Waals surface area contributed by atoms with E-state index >= 15 is 0 Å². The molecule has 2 aliphatic heterocycles. The molecule has 154 valence electrons. The molecule has 9 nitrogen and oxygen atoms in total. The molecule has 2 aliphatic rings. The molecule has 28 heavy (non-hydrogen) atoms. The summed E-state index contributed by atoms with van der Waals surface area (Å²) in [6, 6.07) is -0.0603. The first-order chi connectivity index (χ1) is 13.6. The monoisotopic (exact) mass is 391 g/mol. The van der Waals surface area contributed by atoms with Gasteiger partial charge in [0.1, 0.15) is 5.82 Å². The van der Waals surface area contributed by atoms with Crippen LogP contribution in [0.5, 0.6) is 0 Å². The van der Waals surface area contributed by atoms with Gasteiger partial charge in [0.2, 0.25) is 5.91 Å². The number of hydrogen-bond donors (Lipinski definition) is 1. The Morgan fingerprint density at radius 3 is 2.86 bits per heavy atom. The minimum Gasteiger partial charge on any atom is -0.383 e. The van der Waals surface area contributed by atoms with Crippen molar-refractivity contribution in [2.45, 2.75) is 25.8 Å². The quantitative estimate of drug-likeness (QED) is 0.661. The Morgan fingerprint density at radius 1 is 1.32 bits per heavy atom. The second-order valence-corrected chi connectivity index (χ2v) is 7.09. The summed E-state index contributed by atoms with van der Waals surface area (Å²) in [6.45, 7) is 6.11. The summed E-state index contributed by atoms with van der Waals surface area (Å²) < 4.78 is 10.3. The third kappa shape index (κ3) is 5.03. The van der Waals surface area contributed by atoms with E-state index in [0.717, 1.165) is 25.1 Å². The number of amides is 2. The van der Waals surface area contributed by atoms with Crippen molar-refractivity contribution in [2.75, 3.05) is 59.7 Å². The average Bonchev–Trinajstić information content (AvgIpc) is 3.16. The minimum absolute atomic E-state index is 0.0456. The maximum atomic E-state index is 13.1. The highest BCUT2D eigenvalue weighted by Gasteiger charge is 2.33. The normalized spacial score (nSPS) is 20.4. The molecule has 2 saturated heterocycles. The molecule has 0 radical (unpaired) electrons. The second kappa shape index (κ2) is 9.90. The third-order valence-corrected chi connectivity index (χ3v) is 5.12. The van der Waals surface area contributed by atoms with Gasteiger partial charge in [0.25, 0.3) is 5.91 Å². The Morgan fingerprint density at radius 2 is 2.11 bits per heavy atom. The molecule has 2 amide bonds. The number of aromatic nitrogens is 2. The molecule has 1 aromatic rings. The fourth-order valence-corrected chi connectivity index (χ4v) is 3.70. The summed E-state index contributed by atoms with van der Waals surface area (Å²) >= 11 is 0. The summed E-state index contributed by atoms with van der Waals surface area (Å²) in [6.07, 6.45) is 3.46. The Balaban J connectivity index is 1.76. The van der Waals surface area contributed by atoms with E-state index < -0.39 is 0 Å². The lowest BCUT2D eigenvalue weighted by Crippen LogP contribution is -2.42. The minimum atomic E-state index is -0.0605. The summed E-state index contributed by atoms with van der Waals surface area (Å²) in [4.78, 5) is 38.1. The molecule has 0 aliphatic carbocycles. The van der Waals surface area contributed by atoms with Crippen LogP contribution in [-0.2, 0) is 14.3 Å². The van der Waals surface area contributed by atoms with E-state index in [9.17, 15) is 9.59 Å². The molecule has 0 saturated carbocycles. The highest BCUT2D eigenvalue weighted by atomic mass is 16.5. The van der Waals surface area contributed by atoms with Crippen LogP contribution in [0.2, 0.25) is 0 Å². The van der Waals surface area contributed by atoms with E-state index in [4.69, 9.17) is 9.47 Å². The number of methoxy groups -OCH3 is 1. The van der Waals surface area contributed by atoms with E-state index in [1.54, 1.807) is 18.2 Å². The van der Waals surface area contributed by atoms with Gasteiger partial charge in [-0.25, -0.2) is 9.97 Å². The topological polar surface area (TPSA) is 96.9 Å². The number of ether oxygens (including phenoxy) is 2. The fraction of sp³-hybridized carbons (Fsp3) is 0.684. The molecular formula is C19H29N5O4. The lowest BCUT2D eigenvalue weighted by molar-refractivity contribution is -0.122. The number of morpholine rings is 1. The first-order valence-electron chi connectivity index (χ1n) is 9.80. The molecule has 3 heterocycles. The first-order valence-corrected chi connectivity index (χ1v) is 9.80. The number of carbonyl (C=O) groups excluding carboxylic acids is 2. The SMILES string of the molecule is COCCNC(=O)CN1CCCC1c1nc(C)ncc1C(=O)N1CCOCC1. The molecule has 1 aromatic heterocycles. The van der Waals surface area contributed by atoms with E-state index in [2.05, 4.69) is 20.2 Å². The van der Waals surface area contributed by atoms with E-state index in [0.29, 0.717) is 50.8 Å². The van der Waals surface area contributed by atoms with Gasteiger partial charge in [-0.15, -0.1) is 0 Å². The lowest BCUT2D eigenvalue weighted by atomic mass is 10.0. The van der Waals surface area contributed by atoms with Crippen LogP contribution >= 0.6 is 0 Å². The van der Waals surface area contributed by atoms with Crippen molar-refractivity contribution in [3.63, 3.8) is 0 Å². The number of rotatable bonds is 7. The van der Waals surface area contributed by atoms with Crippen LogP contribution in [0.1, 0.15) is 40.8 Å². The van der Waals surface area contributed by atoms with E-state index in [1.807, 2.05) is 6.92 Å². The highest BCUT2D eigenvalue weighted by Crippen LogP contribution is 2.32. The van der Waals surface area contributed by atoms with Gasteiger partial charge in [0.15, 0.2) is 0 Å². The summed E-state index contributed by atoms with van der Waals surface area (Å²) in [5.74, 6) is 0.524. The summed E-state index contributed by atoms with van der Waals surface area (Å²) in [5, 5.41) is 2.86. The number of nitrogens with one attached hydrogen (secondary N) is 1. The predicted octanol–water partition coefficient (Wildman–Crippen LogP) is 0.157. The van der Waals surface area contributed by atoms with E-state index in [-0.39, 0.29) is 24.4 Å². The highest BCUT2D eigenvalue weighted by molar-refractivity contribution is 5.95. The molecule has 1 unspecified atom stereocenters. The van der Waals surface area contributed by atoms with Gasteiger partial charge in [-0.2, -0.15) is 0 Å². The van der Waals surface area contributed by atoms with Crippen molar-refractivity contribution < 1.29 is 19.1 Å². The van der Waals surface area contributed by atoms with Gasteiger partial charge < -0.3 is 19.7 Å². The van der Waals surface area contributed by atoms with Gasteiger partial charge in [-0.1, -0.05) is 0 Å². The Labute approximate surface area is 165 Å². The first kappa shape index (κ1) is 20.6. The number of aryl methyl sites for hydroxylation is 1. The smallest absolute Gasteiger partial charge is 0.257 e. The van der Waals surface area contributed by atoms with Crippen LogP contribution in [0.3, 0.4) is 0 Å². The summed E-state index contributed by atoms with van der Waals surface area (Å²) in [7, 11) is 1.60. The molecule has 1 atom stereocenters. The van der Waals surface area contributed by atoms with Crippen LogP contribution in [-0.4, -0.2) is 91.2 Å². The molecule has 1 N–H and O–H groups in total. The predicted molar refractivity (Wildman–Crippen MR) is 102 cm³/mol. The zero-order chi connectivity index (χ0) is 19.9. The molecule has 3 rings (SSSR count). The van der Waals surface area contributed by atoms with E-state index in [1.165, 1.54) is 0 Å². The number of carbonyl (C=O) groups is 2. The van der Waals surface area contributed by atoms with Gasteiger partial charge in [-0.05, 0) is 26.3 Å². The van der Waals surface area contributed by atoms with Crippen LogP contribution in [0, 0.1) is 6.92 Å². The maximum absolute atomic E-state index is 13.1. The van der Waals surface area contributed by atoms with Crippen LogP contribution in [0.4, 0.5) is 0 Å². The van der Waals surface area contributed by atoms with Crippen molar-refractivity contribution in [3.05, 3.63) is 23.3 Å². The zero-order valence-electron chi connectivity index (χ0n) is 16.6. The van der Waals surface area contributed by atoms with Gasteiger partial charge in [0, 0.05) is 32.9 Å². The molecule has 9 heteroatoms.